The summed E-state index contributed by atoms with van der Waals surface area (Å²) < 4.78 is 27.0. The van der Waals surface area contributed by atoms with Crippen LogP contribution in [0.5, 0.6) is 0 Å². The number of hydrogen-bond donors (Lipinski definition) is 2. The number of halogens is 3. The first-order chi connectivity index (χ1) is 11.4. The van der Waals surface area contributed by atoms with Gasteiger partial charge in [-0.25, -0.2) is 8.78 Å². The second kappa shape index (κ2) is 6.05. The topological polar surface area (TPSA) is 70.2 Å². The summed E-state index contributed by atoms with van der Waals surface area (Å²) in [5, 5.41) is 7.95. The number of fused-ring (bicyclic) bond motifs is 1. The van der Waals surface area contributed by atoms with Crippen LogP contribution in [-0.2, 0) is 0 Å². The second-order valence-electron chi connectivity index (χ2n) is 5.25. The third-order valence-corrected chi connectivity index (χ3v) is 3.93. The van der Waals surface area contributed by atoms with Crippen molar-refractivity contribution in [1.29, 1.82) is 5.41 Å². The molecule has 0 bridgehead atoms. The summed E-state index contributed by atoms with van der Waals surface area (Å²) in [7, 11) is 0. The van der Waals surface area contributed by atoms with Crippen molar-refractivity contribution in [3.05, 3.63) is 69.8 Å². The number of nitrogen functional groups attached to an aromatic ring is 1. The van der Waals surface area contributed by atoms with Crippen LogP contribution in [0.4, 0.5) is 14.5 Å². The van der Waals surface area contributed by atoms with Gasteiger partial charge in [-0.15, -0.1) is 0 Å². The smallest absolute Gasteiger partial charge is 0.259 e. The van der Waals surface area contributed by atoms with Crippen molar-refractivity contribution in [2.45, 2.75) is 0 Å². The van der Waals surface area contributed by atoms with Gasteiger partial charge in [0.2, 0.25) is 0 Å². The Bertz CT molecular complexity index is 896. The maximum atomic E-state index is 13.6. The molecule has 0 aliphatic carbocycles. The highest BCUT2D eigenvalue weighted by Crippen LogP contribution is 2.30. The zero-order valence-corrected chi connectivity index (χ0v) is 13.1. The molecule has 1 heterocycles. The second-order valence-corrected chi connectivity index (χ2v) is 5.68. The van der Waals surface area contributed by atoms with Gasteiger partial charge in [0.15, 0.2) is 11.6 Å². The van der Waals surface area contributed by atoms with Crippen LogP contribution >= 0.6 is 11.6 Å². The summed E-state index contributed by atoms with van der Waals surface area (Å²) in [5.41, 5.74) is 6.52. The van der Waals surface area contributed by atoms with E-state index in [0.29, 0.717) is 10.6 Å². The fraction of sp³-hybridized carbons (Fsp3) is 0.0588. The lowest BCUT2D eigenvalue weighted by molar-refractivity contribution is 0.0989. The summed E-state index contributed by atoms with van der Waals surface area (Å²) >= 11 is 5.89. The summed E-state index contributed by atoms with van der Waals surface area (Å²) in [4.78, 5) is 14.2. The quantitative estimate of drug-likeness (QED) is 0.644. The third kappa shape index (κ3) is 2.76. The largest absolute Gasteiger partial charge is 0.384 e. The molecule has 0 saturated carbocycles. The number of nitrogens with one attached hydrogen (secondary N) is 1. The number of nitrogens with two attached hydrogens (primary N) is 1. The van der Waals surface area contributed by atoms with Crippen LogP contribution in [0.25, 0.3) is 6.08 Å². The van der Waals surface area contributed by atoms with E-state index in [4.69, 9.17) is 22.7 Å². The number of nitrogens with zero attached hydrogens (tertiary/aromatic N) is 1. The molecule has 0 radical (unpaired) electrons. The summed E-state index contributed by atoms with van der Waals surface area (Å²) in [6, 6.07) is 6.40. The number of carbonyl (C=O) groups is 1. The van der Waals surface area contributed by atoms with Crippen molar-refractivity contribution < 1.29 is 13.6 Å². The molecular weight excluding hydrogens is 336 g/mol. The summed E-state index contributed by atoms with van der Waals surface area (Å²) in [5.74, 6) is -2.80. The van der Waals surface area contributed by atoms with Crippen molar-refractivity contribution >= 4 is 35.1 Å². The first-order valence-corrected chi connectivity index (χ1v) is 7.37. The normalized spacial score (nSPS) is 12.9. The van der Waals surface area contributed by atoms with Crippen LogP contribution in [-0.4, -0.2) is 18.3 Å². The molecule has 0 fully saturated rings. The number of rotatable bonds is 2. The van der Waals surface area contributed by atoms with E-state index in [0.717, 1.165) is 12.1 Å². The predicted octanol–water partition coefficient (Wildman–Crippen LogP) is 3.58. The molecule has 1 amide bonds. The highest BCUT2D eigenvalue weighted by atomic mass is 35.5. The Morgan fingerprint density at radius 3 is 2.58 bits per heavy atom. The molecule has 2 aromatic rings. The Balaban J connectivity index is 2.09. The fourth-order valence-corrected chi connectivity index (χ4v) is 2.74. The molecule has 4 nitrogen and oxygen atoms in total. The van der Waals surface area contributed by atoms with Gasteiger partial charge < -0.3 is 10.6 Å². The van der Waals surface area contributed by atoms with Gasteiger partial charge in [-0.05, 0) is 24.3 Å². The number of anilines is 1. The zero-order chi connectivity index (χ0) is 17.4. The Labute approximate surface area is 141 Å². The van der Waals surface area contributed by atoms with Gasteiger partial charge in [-0.3, -0.25) is 10.2 Å². The SMILES string of the molecule is N=C(N)c1cc(Cl)ccc1C(=O)N1CC=Cc2cc(F)c(F)cc21. The van der Waals surface area contributed by atoms with E-state index < -0.39 is 17.5 Å². The Kier molecular flexibility index (Phi) is 4.07. The maximum Gasteiger partial charge on any atom is 0.259 e. The van der Waals surface area contributed by atoms with E-state index in [9.17, 15) is 13.6 Å². The lowest BCUT2D eigenvalue weighted by Crippen LogP contribution is -2.34. The van der Waals surface area contributed by atoms with E-state index in [2.05, 4.69) is 0 Å². The standard InChI is InChI=1S/C17H12ClF2N3O/c18-10-3-4-11(12(7-10)16(21)22)17(24)23-5-1-2-9-6-13(19)14(20)8-15(9)23/h1-4,6-8H,5H2,(H3,21,22). The molecule has 24 heavy (non-hydrogen) atoms. The summed E-state index contributed by atoms with van der Waals surface area (Å²) in [6.45, 7) is 0.191. The molecule has 3 N–H and O–H groups in total. The highest BCUT2D eigenvalue weighted by Gasteiger charge is 2.25. The van der Waals surface area contributed by atoms with Gasteiger partial charge in [-0.1, -0.05) is 23.8 Å². The predicted molar refractivity (Wildman–Crippen MR) is 89.5 cm³/mol. The number of amidine groups is 1. The van der Waals surface area contributed by atoms with Crippen LogP contribution < -0.4 is 10.6 Å². The van der Waals surface area contributed by atoms with Crippen LogP contribution in [0, 0.1) is 17.0 Å². The Morgan fingerprint density at radius 2 is 1.88 bits per heavy atom. The molecular formula is C17H12ClF2N3O. The average molecular weight is 348 g/mol. The minimum atomic E-state index is -1.04. The Morgan fingerprint density at radius 1 is 1.17 bits per heavy atom. The maximum absolute atomic E-state index is 13.6. The molecule has 7 heteroatoms. The molecule has 122 valence electrons. The zero-order valence-electron chi connectivity index (χ0n) is 12.3. The van der Waals surface area contributed by atoms with Crippen molar-refractivity contribution in [3.8, 4) is 0 Å². The number of carbonyl (C=O) groups excluding carboxylic acids is 1. The van der Waals surface area contributed by atoms with E-state index in [1.165, 1.54) is 23.1 Å². The van der Waals surface area contributed by atoms with Crippen molar-refractivity contribution in [3.63, 3.8) is 0 Å². The highest BCUT2D eigenvalue weighted by molar-refractivity contribution is 6.31. The summed E-state index contributed by atoms with van der Waals surface area (Å²) in [6.07, 6.45) is 3.29. The van der Waals surface area contributed by atoms with E-state index in [1.807, 2.05) is 0 Å². The molecule has 0 unspecified atom stereocenters. The van der Waals surface area contributed by atoms with Crippen molar-refractivity contribution in [1.82, 2.24) is 0 Å². The fourth-order valence-electron chi connectivity index (χ4n) is 2.57. The van der Waals surface area contributed by atoms with E-state index >= 15 is 0 Å². The molecule has 1 aliphatic rings. The van der Waals surface area contributed by atoms with Gasteiger partial charge in [0.25, 0.3) is 5.91 Å². The van der Waals surface area contributed by atoms with Crippen molar-refractivity contribution in [2.75, 3.05) is 11.4 Å². The number of benzene rings is 2. The monoisotopic (exact) mass is 347 g/mol. The van der Waals surface area contributed by atoms with Gasteiger partial charge in [0.05, 0.1) is 11.3 Å². The van der Waals surface area contributed by atoms with E-state index in [1.54, 1.807) is 12.2 Å². The van der Waals surface area contributed by atoms with E-state index in [-0.39, 0.29) is 29.2 Å². The van der Waals surface area contributed by atoms with Gasteiger partial charge >= 0.3 is 0 Å². The average Bonchev–Trinajstić information content (AvgIpc) is 2.54. The Hall–Kier alpha value is -2.73. The van der Waals surface area contributed by atoms with Gasteiger partial charge in [0, 0.05) is 28.8 Å². The first-order valence-electron chi connectivity index (χ1n) is 7.00. The van der Waals surface area contributed by atoms with Crippen LogP contribution in [0.2, 0.25) is 5.02 Å². The molecule has 1 aliphatic heterocycles. The molecule has 0 spiro atoms. The molecule has 0 saturated heterocycles. The molecule has 2 aromatic carbocycles. The molecule has 0 aromatic heterocycles. The van der Waals surface area contributed by atoms with Gasteiger partial charge in [0.1, 0.15) is 5.84 Å². The third-order valence-electron chi connectivity index (χ3n) is 3.69. The lowest BCUT2D eigenvalue weighted by Gasteiger charge is -2.27. The van der Waals surface area contributed by atoms with Crippen LogP contribution in [0.1, 0.15) is 21.5 Å². The lowest BCUT2D eigenvalue weighted by atomic mass is 10.0. The minimum absolute atomic E-state index is 0.165. The molecule has 3 rings (SSSR count). The van der Waals surface area contributed by atoms with Crippen LogP contribution in [0.15, 0.2) is 36.4 Å². The number of amides is 1. The molecule has 0 atom stereocenters. The first kappa shape index (κ1) is 16.1. The van der Waals surface area contributed by atoms with Crippen molar-refractivity contribution in [2.24, 2.45) is 5.73 Å². The number of hydrogen-bond acceptors (Lipinski definition) is 2. The minimum Gasteiger partial charge on any atom is -0.384 e. The van der Waals surface area contributed by atoms with Gasteiger partial charge in [-0.2, -0.15) is 0 Å². The van der Waals surface area contributed by atoms with Crippen LogP contribution in [0.3, 0.4) is 0 Å².